The lowest BCUT2D eigenvalue weighted by Crippen LogP contribution is -2.40. The van der Waals surface area contributed by atoms with Crippen LogP contribution < -0.4 is 10.6 Å². The number of nitro benzene ring substituents is 1. The van der Waals surface area contributed by atoms with Crippen LogP contribution in [0.5, 0.6) is 5.75 Å². The molecule has 0 bridgehead atoms. The number of aromatic hydroxyl groups is 1. The van der Waals surface area contributed by atoms with Gasteiger partial charge in [0.25, 0.3) is 5.69 Å². The van der Waals surface area contributed by atoms with Gasteiger partial charge < -0.3 is 10.4 Å². The molecule has 0 fully saturated rings. The van der Waals surface area contributed by atoms with E-state index in [1.165, 1.54) is 6.07 Å². The van der Waals surface area contributed by atoms with E-state index >= 15 is 0 Å². The molecule has 7 heteroatoms. The van der Waals surface area contributed by atoms with Crippen LogP contribution in [0.4, 0.5) is 5.69 Å². The third kappa shape index (κ3) is 4.08. The van der Waals surface area contributed by atoms with Gasteiger partial charge in [-0.1, -0.05) is 57.9 Å². The zero-order chi connectivity index (χ0) is 21.3. The minimum absolute atomic E-state index is 0.0323. The van der Waals surface area contributed by atoms with Gasteiger partial charge in [0, 0.05) is 21.8 Å². The van der Waals surface area contributed by atoms with Crippen LogP contribution in [0.15, 0.2) is 77.3 Å². The summed E-state index contributed by atoms with van der Waals surface area (Å²) in [4.78, 5) is 11.2. The van der Waals surface area contributed by atoms with E-state index in [9.17, 15) is 15.2 Å². The first-order chi connectivity index (χ1) is 14.4. The molecule has 0 spiro atoms. The molecule has 1 aliphatic heterocycles. The van der Waals surface area contributed by atoms with E-state index in [4.69, 9.17) is 0 Å². The van der Waals surface area contributed by atoms with Gasteiger partial charge in [-0.3, -0.25) is 15.4 Å². The van der Waals surface area contributed by atoms with Crippen LogP contribution in [0.1, 0.15) is 34.5 Å². The molecule has 4 rings (SSSR count). The van der Waals surface area contributed by atoms with E-state index in [2.05, 4.69) is 26.6 Å². The first-order valence-electron chi connectivity index (χ1n) is 9.45. The standard InChI is InChI=1S/C23H20BrN3O3/c1-14-6-8-15(9-7-14)19-13-20(18-12-16(24)10-11-22(18)28)26-23(25-19)17-4-2-3-5-21(17)27(29)30/h2-13,20,23,25-26,28H,1H3. The van der Waals surface area contributed by atoms with Crippen molar-refractivity contribution < 1.29 is 10.0 Å². The van der Waals surface area contributed by atoms with Gasteiger partial charge >= 0.3 is 0 Å². The fraction of sp³-hybridized carbons (Fsp3) is 0.130. The smallest absolute Gasteiger partial charge is 0.276 e. The molecule has 30 heavy (non-hydrogen) atoms. The van der Waals surface area contributed by atoms with Crippen molar-refractivity contribution in [2.45, 2.75) is 19.1 Å². The highest BCUT2D eigenvalue weighted by Crippen LogP contribution is 2.36. The summed E-state index contributed by atoms with van der Waals surface area (Å²) in [5.74, 6) is 0.151. The summed E-state index contributed by atoms with van der Waals surface area (Å²) in [6.45, 7) is 2.02. The maximum Gasteiger partial charge on any atom is 0.276 e. The highest BCUT2D eigenvalue weighted by molar-refractivity contribution is 9.10. The number of hydrogen-bond donors (Lipinski definition) is 3. The Labute approximate surface area is 182 Å². The first kappa shape index (κ1) is 20.1. The average molecular weight is 466 g/mol. The summed E-state index contributed by atoms with van der Waals surface area (Å²) < 4.78 is 0.836. The Hall–Kier alpha value is -3.16. The molecule has 3 aromatic carbocycles. The second-order valence-electron chi connectivity index (χ2n) is 7.19. The van der Waals surface area contributed by atoms with E-state index < -0.39 is 6.17 Å². The van der Waals surface area contributed by atoms with Crippen LogP contribution in [0.25, 0.3) is 5.70 Å². The number of para-hydroxylation sites is 1. The number of benzene rings is 3. The van der Waals surface area contributed by atoms with E-state index in [-0.39, 0.29) is 22.4 Å². The van der Waals surface area contributed by atoms with Gasteiger partial charge in [-0.25, -0.2) is 0 Å². The summed E-state index contributed by atoms with van der Waals surface area (Å²) in [7, 11) is 0. The van der Waals surface area contributed by atoms with Crippen LogP contribution in [-0.4, -0.2) is 10.0 Å². The number of phenols is 1. The fourth-order valence-electron chi connectivity index (χ4n) is 3.57. The summed E-state index contributed by atoms with van der Waals surface area (Å²) >= 11 is 3.46. The van der Waals surface area contributed by atoms with Gasteiger partial charge in [-0.2, -0.15) is 0 Å². The number of nitrogens with one attached hydrogen (secondary N) is 2. The zero-order valence-corrected chi connectivity index (χ0v) is 17.8. The van der Waals surface area contributed by atoms with Crippen molar-refractivity contribution in [2.75, 3.05) is 0 Å². The molecule has 0 saturated heterocycles. The molecule has 152 valence electrons. The average Bonchev–Trinajstić information content (AvgIpc) is 2.75. The summed E-state index contributed by atoms with van der Waals surface area (Å²) in [6.07, 6.45) is 1.47. The highest BCUT2D eigenvalue weighted by atomic mass is 79.9. The van der Waals surface area contributed by atoms with Crippen molar-refractivity contribution in [3.8, 4) is 5.75 Å². The number of rotatable bonds is 4. The molecular formula is C23H20BrN3O3. The summed E-state index contributed by atoms with van der Waals surface area (Å²) in [6, 6.07) is 19.6. The zero-order valence-electron chi connectivity index (χ0n) is 16.2. The molecule has 3 N–H and O–H groups in total. The normalized spacial score (nSPS) is 18.4. The lowest BCUT2D eigenvalue weighted by molar-refractivity contribution is -0.385. The van der Waals surface area contributed by atoms with Crippen molar-refractivity contribution in [1.29, 1.82) is 0 Å². The maximum absolute atomic E-state index is 11.6. The number of nitro groups is 1. The number of nitrogens with zero attached hydrogens (tertiary/aromatic N) is 1. The Morgan fingerprint density at radius 3 is 2.50 bits per heavy atom. The molecule has 0 aromatic heterocycles. The van der Waals surface area contributed by atoms with Crippen molar-refractivity contribution in [1.82, 2.24) is 10.6 Å². The second-order valence-corrected chi connectivity index (χ2v) is 8.10. The third-order valence-corrected chi connectivity index (χ3v) is 5.60. The predicted molar refractivity (Wildman–Crippen MR) is 120 cm³/mol. The third-order valence-electron chi connectivity index (χ3n) is 5.11. The summed E-state index contributed by atoms with van der Waals surface area (Å²) in [5.41, 5.74) is 4.18. The highest BCUT2D eigenvalue weighted by Gasteiger charge is 2.29. The molecule has 0 saturated carbocycles. The topological polar surface area (TPSA) is 87.4 Å². The van der Waals surface area contributed by atoms with Crippen molar-refractivity contribution in [3.63, 3.8) is 0 Å². The first-order valence-corrected chi connectivity index (χ1v) is 10.2. The van der Waals surface area contributed by atoms with E-state index in [0.29, 0.717) is 11.1 Å². The van der Waals surface area contributed by atoms with E-state index in [1.54, 1.807) is 30.3 Å². The number of phenolic OH excluding ortho intramolecular Hbond substituents is 1. The molecule has 2 unspecified atom stereocenters. The lowest BCUT2D eigenvalue weighted by atomic mass is 9.97. The molecule has 1 heterocycles. The predicted octanol–water partition coefficient (Wildman–Crippen LogP) is 5.35. The van der Waals surface area contributed by atoms with Gasteiger partial charge in [0.1, 0.15) is 11.9 Å². The SMILES string of the molecule is Cc1ccc(C2=CC(c3cc(Br)ccc3O)NC(c3ccccc3[N+](=O)[O-])N2)cc1. The van der Waals surface area contributed by atoms with Gasteiger partial charge in [-0.05, 0) is 42.8 Å². The van der Waals surface area contributed by atoms with Crippen molar-refractivity contribution >= 4 is 27.3 Å². The molecule has 0 amide bonds. The number of halogens is 1. The molecular weight excluding hydrogens is 446 g/mol. The Balaban J connectivity index is 1.81. The number of aryl methyl sites for hydroxylation is 1. The van der Waals surface area contributed by atoms with Crippen LogP contribution in [0, 0.1) is 17.0 Å². The van der Waals surface area contributed by atoms with Crippen LogP contribution >= 0.6 is 15.9 Å². The molecule has 2 atom stereocenters. The second kappa shape index (κ2) is 8.30. The van der Waals surface area contributed by atoms with E-state index in [1.807, 2.05) is 43.3 Å². The van der Waals surface area contributed by atoms with Crippen LogP contribution in [-0.2, 0) is 0 Å². The molecule has 1 aliphatic rings. The van der Waals surface area contributed by atoms with E-state index in [0.717, 1.165) is 21.3 Å². The fourth-order valence-corrected chi connectivity index (χ4v) is 3.95. The maximum atomic E-state index is 11.6. The molecule has 6 nitrogen and oxygen atoms in total. The quantitative estimate of drug-likeness (QED) is 0.357. The van der Waals surface area contributed by atoms with Crippen LogP contribution in [0.3, 0.4) is 0 Å². The van der Waals surface area contributed by atoms with Gasteiger partial charge in [0.15, 0.2) is 0 Å². The molecule has 3 aromatic rings. The minimum Gasteiger partial charge on any atom is -0.508 e. The monoisotopic (exact) mass is 465 g/mol. The minimum atomic E-state index is -0.517. The van der Waals surface area contributed by atoms with Gasteiger partial charge in [-0.15, -0.1) is 0 Å². The Kier molecular flexibility index (Phi) is 5.57. The Morgan fingerprint density at radius 2 is 1.77 bits per heavy atom. The summed E-state index contributed by atoms with van der Waals surface area (Å²) in [5, 5.41) is 28.8. The lowest BCUT2D eigenvalue weighted by Gasteiger charge is -2.33. The van der Waals surface area contributed by atoms with Gasteiger partial charge in [0.2, 0.25) is 0 Å². The Morgan fingerprint density at radius 1 is 1.03 bits per heavy atom. The number of hydrogen-bond acceptors (Lipinski definition) is 5. The van der Waals surface area contributed by atoms with Gasteiger partial charge in [0.05, 0.1) is 16.5 Å². The molecule has 0 aliphatic carbocycles. The van der Waals surface area contributed by atoms with Crippen molar-refractivity contribution in [3.05, 3.63) is 110 Å². The van der Waals surface area contributed by atoms with Crippen molar-refractivity contribution in [2.24, 2.45) is 0 Å². The molecule has 0 radical (unpaired) electrons. The Bertz CT molecular complexity index is 1130. The largest absolute Gasteiger partial charge is 0.508 e. The van der Waals surface area contributed by atoms with Crippen LogP contribution in [0.2, 0.25) is 0 Å².